The van der Waals surface area contributed by atoms with Gasteiger partial charge in [-0.15, -0.1) is 0 Å². The van der Waals surface area contributed by atoms with Gasteiger partial charge < -0.3 is 4.74 Å². The smallest absolute Gasteiger partial charge is 0.306 e. The van der Waals surface area contributed by atoms with Crippen LogP contribution in [-0.4, -0.2) is 17.4 Å². The molecule has 7 rings (SSSR count). The Labute approximate surface area is 154 Å². The third-order valence-electron chi connectivity index (χ3n) is 10.2. The summed E-state index contributed by atoms with van der Waals surface area (Å²) in [6.07, 6.45) is 10.7. The van der Waals surface area contributed by atoms with Gasteiger partial charge in [-0.1, -0.05) is 12.5 Å². The number of ether oxygens (including phenoxy) is 1. The van der Waals surface area contributed by atoms with Gasteiger partial charge in [-0.05, 0) is 86.0 Å². The van der Waals surface area contributed by atoms with Gasteiger partial charge in [-0.25, -0.2) is 0 Å². The highest BCUT2D eigenvalue weighted by Crippen LogP contribution is 2.81. The van der Waals surface area contributed by atoms with Gasteiger partial charge in [-0.3, -0.25) is 9.59 Å². The van der Waals surface area contributed by atoms with Crippen molar-refractivity contribution in [2.24, 2.45) is 52.8 Å². The van der Waals surface area contributed by atoms with Crippen LogP contribution in [0.5, 0.6) is 0 Å². The molecule has 3 heteroatoms. The van der Waals surface area contributed by atoms with Gasteiger partial charge in [0.15, 0.2) is 5.78 Å². The van der Waals surface area contributed by atoms with Crippen molar-refractivity contribution < 1.29 is 14.3 Å². The van der Waals surface area contributed by atoms with E-state index in [1.807, 2.05) is 0 Å². The number of rotatable bonds is 0. The Morgan fingerprint density at radius 3 is 2.69 bits per heavy atom. The highest BCUT2D eigenvalue weighted by atomic mass is 16.6. The monoisotopic (exact) mass is 352 g/mol. The van der Waals surface area contributed by atoms with Gasteiger partial charge in [-0.2, -0.15) is 0 Å². The van der Waals surface area contributed by atoms with Crippen LogP contribution in [0.15, 0.2) is 11.6 Å². The molecule has 1 aliphatic heterocycles. The van der Waals surface area contributed by atoms with E-state index in [-0.39, 0.29) is 17.0 Å². The maximum absolute atomic E-state index is 12.1. The van der Waals surface area contributed by atoms with Crippen LogP contribution < -0.4 is 0 Å². The minimum Gasteiger partial charge on any atom is -0.458 e. The zero-order valence-corrected chi connectivity index (χ0v) is 15.6. The first-order valence-corrected chi connectivity index (χ1v) is 11.0. The predicted octanol–water partition coefficient (Wildman–Crippen LogP) is 3.92. The van der Waals surface area contributed by atoms with Crippen molar-refractivity contribution in [1.82, 2.24) is 0 Å². The van der Waals surface area contributed by atoms with Gasteiger partial charge in [0.2, 0.25) is 0 Å². The first kappa shape index (κ1) is 14.9. The van der Waals surface area contributed by atoms with Crippen LogP contribution in [0, 0.1) is 52.8 Å². The maximum atomic E-state index is 12.1. The topological polar surface area (TPSA) is 43.4 Å². The Kier molecular flexibility index (Phi) is 2.46. The standard InChI is InChI=1S/C23H28O3/c1-22-6-4-13-12-3-2-11(24)8-14(12)15-9-16(15)20(13)21(22)17-10-18(17)23(22)7-5-19(25)26-23/h8,12-13,15-18,20-21H,2-7,9-10H2,1H3/t12?,13?,15-,16-,17-,18?,20?,21?,22-,23-/m0/s1. The van der Waals surface area contributed by atoms with Crippen LogP contribution in [0.1, 0.15) is 58.3 Å². The Morgan fingerprint density at radius 2 is 1.88 bits per heavy atom. The molecule has 5 saturated carbocycles. The van der Waals surface area contributed by atoms with Crippen molar-refractivity contribution in [3.63, 3.8) is 0 Å². The highest BCUT2D eigenvalue weighted by molar-refractivity contribution is 5.91. The van der Waals surface area contributed by atoms with E-state index in [0.717, 1.165) is 48.9 Å². The van der Waals surface area contributed by atoms with E-state index in [0.29, 0.717) is 30.0 Å². The Bertz CT molecular complexity index is 782. The van der Waals surface area contributed by atoms with E-state index in [9.17, 15) is 9.59 Å². The second-order valence-corrected chi connectivity index (χ2v) is 10.9. The quantitative estimate of drug-likeness (QED) is 0.621. The summed E-state index contributed by atoms with van der Waals surface area (Å²) >= 11 is 0. The molecule has 0 bridgehead atoms. The van der Waals surface area contributed by atoms with Crippen molar-refractivity contribution >= 4 is 11.8 Å². The van der Waals surface area contributed by atoms with Crippen molar-refractivity contribution in [1.29, 1.82) is 0 Å². The lowest BCUT2D eigenvalue weighted by atomic mass is 9.49. The van der Waals surface area contributed by atoms with E-state index in [4.69, 9.17) is 4.74 Å². The van der Waals surface area contributed by atoms with Gasteiger partial charge >= 0.3 is 5.97 Å². The van der Waals surface area contributed by atoms with Crippen LogP contribution in [0.2, 0.25) is 0 Å². The molecule has 138 valence electrons. The number of allylic oxidation sites excluding steroid dienone is 1. The first-order chi connectivity index (χ1) is 12.5. The highest BCUT2D eigenvalue weighted by Gasteiger charge is 2.80. The summed E-state index contributed by atoms with van der Waals surface area (Å²) in [7, 11) is 0. The summed E-state index contributed by atoms with van der Waals surface area (Å²) in [6.45, 7) is 2.49. The summed E-state index contributed by atoms with van der Waals surface area (Å²) in [5.41, 5.74) is 1.64. The van der Waals surface area contributed by atoms with E-state index >= 15 is 0 Å². The third kappa shape index (κ3) is 1.49. The number of ketones is 1. The van der Waals surface area contributed by atoms with Gasteiger partial charge in [0.05, 0.1) is 0 Å². The van der Waals surface area contributed by atoms with Crippen molar-refractivity contribution in [2.45, 2.75) is 63.9 Å². The number of carbonyl (C=O) groups excluding carboxylic acids is 2. The van der Waals surface area contributed by atoms with Crippen LogP contribution in [0.3, 0.4) is 0 Å². The Balaban J connectivity index is 1.31. The number of fused-ring (bicyclic) bond motifs is 12. The molecule has 5 unspecified atom stereocenters. The number of hydrogen-bond donors (Lipinski definition) is 0. The maximum Gasteiger partial charge on any atom is 0.306 e. The van der Waals surface area contributed by atoms with E-state index in [1.165, 1.54) is 25.7 Å². The fraction of sp³-hybridized carbons (Fsp3) is 0.826. The number of carbonyl (C=O) groups is 2. The molecular weight excluding hydrogens is 324 g/mol. The average molecular weight is 352 g/mol. The molecule has 6 fully saturated rings. The minimum atomic E-state index is -0.118. The number of hydrogen-bond acceptors (Lipinski definition) is 3. The lowest BCUT2D eigenvalue weighted by molar-refractivity contribution is -0.174. The molecule has 26 heavy (non-hydrogen) atoms. The van der Waals surface area contributed by atoms with Gasteiger partial charge in [0, 0.05) is 24.2 Å². The molecule has 6 aliphatic carbocycles. The zero-order valence-electron chi connectivity index (χ0n) is 15.6. The van der Waals surface area contributed by atoms with Crippen LogP contribution in [0.4, 0.5) is 0 Å². The van der Waals surface area contributed by atoms with E-state index in [1.54, 1.807) is 5.57 Å². The molecule has 1 spiro atoms. The second kappa shape index (κ2) is 4.31. The average Bonchev–Trinajstić information content (AvgIpc) is 3.51. The van der Waals surface area contributed by atoms with Crippen molar-refractivity contribution in [3.8, 4) is 0 Å². The van der Waals surface area contributed by atoms with Crippen LogP contribution in [0.25, 0.3) is 0 Å². The van der Waals surface area contributed by atoms with Crippen molar-refractivity contribution in [2.75, 3.05) is 0 Å². The fourth-order valence-corrected chi connectivity index (χ4v) is 9.35. The second-order valence-electron chi connectivity index (χ2n) is 10.9. The normalized spacial score (nSPS) is 61.0. The summed E-state index contributed by atoms with van der Waals surface area (Å²) in [5, 5.41) is 0. The lowest BCUT2D eigenvalue weighted by Crippen LogP contribution is -2.55. The summed E-state index contributed by atoms with van der Waals surface area (Å²) in [5.74, 6) is 6.54. The van der Waals surface area contributed by atoms with E-state index < -0.39 is 0 Å². The molecule has 0 radical (unpaired) electrons. The molecule has 0 amide bonds. The fourth-order valence-electron chi connectivity index (χ4n) is 9.35. The molecule has 0 aromatic heterocycles. The van der Waals surface area contributed by atoms with Gasteiger partial charge in [0.25, 0.3) is 0 Å². The van der Waals surface area contributed by atoms with Crippen LogP contribution >= 0.6 is 0 Å². The largest absolute Gasteiger partial charge is 0.458 e. The molecule has 1 saturated heterocycles. The van der Waals surface area contributed by atoms with Gasteiger partial charge in [0.1, 0.15) is 5.60 Å². The summed E-state index contributed by atoms with van der Waals surface area (Å²) in [4.78, 5) is 24.1. The molecular formula is C23H28O3. The van der Waals surface area contributed by atoms with Crippen LogP contribution in [-0.2, 0) is 14.3 Å². The molecule has 0 aromatic rings. The molecule has 7 aliphatic rings. The summed E-state index contributed by atoms with van der Waals surface area (Å²) in [6, 6.07) is 0. The Morgan fingerprint density at radius 1 is 1.00 bits per heavy atom. The molecule has 3 nitrogen and oxygen atoms in total. The molecule has 0 aromatic carbocycles. The minimum absolute atomic E-state index is 0.0589. The predicted molar refractivity (Wildman–Crippen MR) is 94.9 cm³/mol. The zero-order chi connectivity index (χ0) is 17.4. The molecule has 10 atom stereocenters. The molecule has 0 N–H and O–H groups in total. The first-order valence-electron chi connectivity index (χ1n) is 11.0. The number of esters is 1. The van der Waals surface area contributed by atoms with Crippen molar-refractivity contribution in [3.05, 3.63) is 11.6 Å². The SMILES string of the molecule is C[C@]12CCC3C4CCC(=O)C=C4[C@@H]4C[C@@H]4C3C1[C@H]1CC1[C@@]21CCC(=O)O1. The Hall–Kier alpha value is -1.12. The lowest BCUT2D eigenvalue weighted by Gasteiger charge is -2.57. The third-order valence-corrected chi connectivity index (χ3v) is 10.2. The molecule has 1 heterocycles. The summed E-state index contributed by atoms with van der Waals surface area (Å²) < 4.78 is 6.19. The van der Waals surface area contributed by atoms with E-state index in [2.05, 4.69) is 13.0 Å².